The summed E-state index contributed by atoms with van der Waals surface area (Å²) in [6.07, 6.45) is 2.49. The number of hydrogen-bond donors (Lipinski definition) is 1. The quantitative estimate of drug-likeness (QED) is 0.649. The minimum Gasteiger partial charge on any atom is -0.371 e. The van der Waals surface area contributed by atoms with Crippen LogP contribution in [0.3, 0.4) is 0 Å². The number of aldehydes is 1. The van der Waals surface area contributed by atoms with Crippen molar-refractivity contribution >= 4 is 46.0 Å². The van der Waals surface area contributed by atoms with Gasteiger partial charge in [-0.1, -0.05) is 35.9 Å². The Bertz CT molecular complexity index is 1070. The van der Waals surface area contributed by atoms with E-state index >= 15 is 0 Å². The van der Waals surface area contributed by atoms with Crippen molar-refractivity contribution in [1.29, 1.82) is 0 Å². The van der Waals surface area contributed by atoms with Crippen molar-refractivity contribution < 1.29 is 9.53 Å². The second-order valence-corrected chi connectivity index (χ2v) is 7.91. The van der Waals surface area contributed by atoms with Crippen molar-refractivity contribution in [3.8, 4) is 0 Å². The zero-order valence-electron chi connectivity index (χ0n) is 15.5. The SMILES string of the molecule is Cc1cccc2c(Nc3cccc(Cl)c3)nc(N3CC4CC(C3)O4)c(C=O)c12. The highest BCUT2D eigenvalue weighted by molar-refractivity contribution is 6.30. The van der Waals surface area contributed by atoms with Gasteiger partial charge < -0.3 is 15.0 Å². The number of piperidine rings is 1. The molecule has 2 atom stereocenters. The molecule has 142 valence electrons. The molecule has 5 nitrogen and oxygen atoms in total. The number of carbonyl (C=O) groups is 1. The van der Waals surface area contributed by atoms with Crippen LogP contribution in [0.5, 0.6) is 0 Å². The molecule has 6 heteroatoms. The highest BCUT2D eigenvalue weighted by Gasteiger charge is 2.39. The maximum atomic E-state index is 12.1. The van der Waals surface area contributed by atoms with E-state index in [9.17, 15) is 4.79 Å². The molecule has 0 amide bonds. The Morgan fingerprint density at radius 1 is 1.21 bits per heavy atom. The molecule has 0 radical (unpaired) electrons. The predicted molar refractivity (Wildman–Crippen MR) is 112 cm³/mol. The summed E-state index contributed by atoms with van der Waals surface area (Å²) in [6.45, 7) is 3.55. The number of rotatable bonds is 4. The Balaban J connectivity index is 1.68. The lowest BCUT2D eigenvalue weighted by atomic mass is 9.96. The van der Waals surface area contributed by atoms with Crippen LogP contribution >= 0.6 is 11.6 Å². The molecule has 1 aromatic heterocycles. The van der Waals surface area contributed by atoms with Crippen LogP contribution in [0.15, 0.2) is 42.5 Å². The average molecular weight is 394 g/mol. The summed E-state index contributed by atoms with van der Waals surface area (Å²) in [6, 6.07) is 13.6. The average Bonchev–Trinajstić information content (AvgIpc) is 2.68. The standard InChI is InChI=1S/C22H20ClN3O2/c1-13-4-2-7-18-20(13)19(12-27)22(26-10-16-9-17(11-26)28-16)25-21(18)24-15-6-3-5-14(23)8-15/h2-8,12,16-17H,9-11H2,1H3,(H,24,25). The van der Waals surface area contributed by atoms with Gasteiger partial charge in [-0.3, -0.25) is 4.79 Å². The Labute approximate surface area is 168 Å². The maximum absolute atomic E-state index is 12.1. The van der Waals surface area contributed by atoms with Crippen molar-refractivity contribution in [2.45, 2.75) is 25.6 Å². The first-order valence-electron chi connectivity index (χ1n) is 9.44. The summed E-state index contributed by atoms with van der Waals surface area (Å²) in [5.41, 5.74) is 2.55. The number of nitrogens with zero attached hydrogens (tertiary/aromatic N) is 2. The number of fused-ring (bicyclic) bond motifs is 3. The third-order valence-corrected chi connectivity index (χ3v) is 5.75. The number of halogens is 1. The number of ether oxygens (including phenoxy) is 1. The van der Waals surface area contributed by atoms with Crippen molar-refractivity contribution in [3.63, 3.8) is 0 Å². The summed E-state index contributed by atoms with van der Waals surface area (Å²) in [4.78, 5) is 19.2. The Hall–Kier alpha value is -2.63. The Morgan fingerprint density at radius 2 is 1.96 bits per heavy atom. The highest BCUT2D eigenvalue weighted by Crippen LogP contribution is 2.38. The number of carbonyl (C=O) groups excluding carboxylic acids is 1. The molecule has 4 heterocycles. The number of morpholine rings is 1. The van der Waals surface area contributed by atoms with Gasteiger partial charge in [-0.25, -0.2) is 4.98 Å². The summed E-state index contributed by atoms with van der Waals surface area (Å²) in [5.74, 6) is 1.45. The molecule has 2 aromatic carbocycles. The Kier molecular flexibility index (Phi) is 4.22. The van der Waals surface area contributed by atoms with E-state index in [0.717, 1.165) is 59.5 Å². The minimum absolute atomic E-state index is 0.233. The van der Waals surface area contributed by atoms with Gasteiger partial charge in [0.2, 0.25) is 0 Å². The normalized spacial score (nSPS) is 20.7. The van der Waals surface area contributed by atoms with E-state index in [0.29, 0.717) is 10.6 Å². The van der Waals surface area contributed by atoms with E-state index in [1.54, 1.807) is 0 Å². The zero-order chi connectivity index (χ0) is 19.3. The monoisotopic (exact) mass is 393 g/mol. The minimum atomic E-state index is 0.233. The molecule has 3 aromatic rings. The van der Waals surface area contributed by atoms with Crippen LogP contribution in [0, 0.1) is 6.92 Å². The summed E-state index contributed by atoms with van der Waals surface area (Å²) in [5, 5.41) is 5.91. The van der Waals surface area contributed by atoms with Gasteiger partial charge in [-0.15, -0.1) is 0 Å². The van der Waals surface area contributed by atoms with Gasteiger partial charge in [0, 0.05) is 41.0 Å². The number of benzene rings is 2. The van der Waals surface area contributed by atoms with Gasteiger partial charge in [0.05, 0.1) is 17.8 Å². The lowest BCUT2D eigenvalue weighted by molar-refractivity contribution is -0.133. The molecule has 3 aliphatic rings. The fraction of sp³-hybridized carbons (Fsp3) is 0.273. The van der Waals surface area contributed by atoms with Crippen LogP contribution in [0.4, 0.5) is 17.3 Å². The Morgan fingerprint density at radius 3 is 2.68 bits per heavy atom. The number of hydrogen-bond acceptors (Lipinski definition) is 5. The fourth-order valence-corrected chi connectivity index (χ4v) is 4.43. The smallest absolute Gasteiger partial charge is 0.154 e. The maximum Gasteiger partial charge on any atom is 0.154 e. The van der Waals surface area contributed by atoms with Crippen molar-refractivity contribution in [1.82, 2.24) is 4.98 Å². The van der Waals surface area contributed by atoms with Gasteiger partial charge in [0.1, 0.15) is 11.6 Å². The molecular weight excluding hydrogens is 374 g/mol. The van der Waals surface area contributed by atoms with E-state index in [-0.39, 0.29) is 12.2 Å². The third-order valence-electron chi connectivity index (χ3n) is 5.52. The van der Waals surface area contributed by atoms with Crippen LogP contribution in [0.2, 0.25) is 5.02 Å². The molecule has 3 saturated heterocycles. The first-order chi connectivity index (χ1) is 13.6. The number of pyridine rings is 1. The number of aryl methyl sites for hydroxylation is 1. The van der Waals surface area contributed by atoms with Crippen LogP contribution in [-0.2, 0) is 4.74 Å². The second kappa shape index (κ2) is 6.76. The highest BCUT2D eigenvalue weighted by atomic mass is 35.5. The van der Waals surface area contributed by atoms with E-state index in [4.69, 9.17) is 21.3 Å². The van der Waals surface area contributed by atoms with Crippen LogP contribution in [0.25, 0.3) is 10.8 Å². The fourth-order valence-electron chi connectivity index (χ4n) is 4.24. The lowest BCUT2D eigenvalue weighted by Crippen LogP contribution is -2.57. The molecule has 2 bridgehead atoms. The number of nitrogens with one attached hydrogen (secondary N) is 1. The van der Waals surface area contributed by atoms with Gasteiger partial charge in [-0.2, -0.15) is 0 Å². The molecule has 3 aliphatic heterocycles. The van der Waals surface area contributed by atoms with Gasteiger partial charge in [0.25, 0.3) is 0 Å². The van der Waals surface area contributed by atoms with Crippen LogP contribution in [-0.4, -0.2) is 36.6 Å². The van der Waals surface area contributed by atoms with Gasteiger partial charge in [0.15, 0.2) is 6.29 Å². The number of anilines is 3. The van der Waals surface area contributed by atoms with Crippen molar-refractivity contribution in [2.24, 2.45) is 0 Å². The van der Waals surface area contributed by atoms with Crippen LogP contribution < -0.4 is 10.2 Å². The second-order valence-electron chi connectivity index (χ2n) is 7.47. The van der Waals surface area contributed by atoms with E-state index in [1.807, 2.05) is 49.4 Å². The van der Waals surface area contributed by atoms with Gasteiger partial charge in [-0.05, 0) is 30.7 Å². The third kappa shape index (κ3) is 2.91. The van der Waals surface area contributed by atoms with Gasteiger partial charge >= 0.3 is 0 Å². The lowest BCUT2D eigenvalue weighted by Gasteiger charge is -2.47. The van der Waals surface area contributed by atoms with E-state index in [2.05, 4.69) is 10.2 Å². The number of aromatic nitrogens is 1. The molecule has 1 N–H and O–H groups in total. The molecule has 0 saturated carbocycles. The molecular formula is C22H20ClN3O2. The first kappa shape index (κ1) is 17.5. The molecule has 2 unspecified atom stereocenters. The largest absolute Gasteiger partial charge is 0.371 e. The molecule has 0 spiro atoms. The van der Waals surface area contributed by atoms with E-state index < -0.39 is 0 Å². The van der Waals surface area contributed by atoms with Crippen molar-refractivity contribution in [3.05, 3.63) is 58.6 Å². The van der Waals surface area contributed by atoms with Crippen LogP contribution in [0.1, 0.15) is 22.3 Å². The molecule has 0 aliphatic carbocycles. The first-order valence-corrected chi connectivity index (χ1v) is 9.81. The predicted octanol–water partition coefficient (Wildman–Crippen LogP) is 4.73. The van der Waals surface area contributed by atoms with E-state index in [1.165, 1.54) is 0 Å². The molecule has 3 fully saturated rings. The summed E-state index contributed by atoms with van der Waals surface area (Å²) in [7, 11) is 0. The van der Waals surface area contributed by atoms with Crippen molar-refractivity contribution in [2.75, 3.05) is 23.3 Å². The molecule has 6 rings (SSSR count). The molecule has 28 heavy (non-hydrogen) atoms. The topological polar surface area (TPSA) is 54.5 Å². The zero-order valence-corrected chi connectivity index (χ0v) is 16.2. The summed E-state index contributed by atoms with van der Waals surface area (Å²) >= 11 is 6.15. The summed E-state index contributed by atoms with van der Waals surface area (Å²) < 4.78 is 5.76.